The first-order chi connectivity index (χ1) is 14.9. The van der Waals surface area contributed by atoms with Crippen LogP contribution in [0.1, 0.15) is 50.5 Å². The molecule has 0 saturated heterocycles. The second-order valence-corrected chi connectivity index (χ2v) is 8.18. The monoisotopic (exact) mass is 434 g/mol. The Morgan fingerprint density at radius 1 is 0.903 bits per heavy atom. The Kier molecular flexibility index (Phi) is 6.17. The van der Waals surface area contributed by atoms with Gasteiger partial charge in [-0.25, -0.2) is 13.2 Å². The van der Waals surface area contributed by atoms with Gasteiger partial charge in [0.15, 0.2) is 17.4 Å². The Morgan fingerprint density at radius 3 is 2.19 bits per heavy atom. The molecule has 6 heteroatoms. The number of alkyl halides is 2. The number of hydrogen-bond acceptors (Lipinski definition) is 1. The van der Waals surface area contributed by atoms with Crippen LogP contribution in [0.25, 0.3) is 21.9 Å². The molecule has 1 aliphatic rings. The molecule has 0 radical (unpaired) electrons. The van der Waals surface area contributed by atoms with Crippen LogP contribution in [0.5, 0.6) is 5.75 Å². The molecule has 0 spiro atoms. The van der Waals surface area contributed by atoms with Crippen LogP contribution >= 0.6 is 0 Å². The molecule has 0 aliphatic heterocycles. The van der Waals surface area contributed by atoms with Crippen LogP contribution in [0.15, 0.2) is 42.5 Å². The zero-order chi connectivity index (χ0) is 22.1. The molecule has 0 heterocycles. The maximum Gasteiger partial charge on any atom is 0.387 e. The summed E-state index contributed by atoms with van der Waals surface area (Å²) in [4.78, 5) is 0. The van der Waals surface area contributed by atoms with Crippen LogP contribution in [0, 0.1) is 23.4 Å². The van der Waals surface area contributed by atoms with E-state index in [9.17, 15) is 17.6 Å². The van der Waals surface area contributed by atoms with Crippen molar-refractivity contribution in [2.45, 2.75) is 51.6 Å². The lowest BCUT2D eigenvalue weighted by Gasteiger charge is -2.28. The van der Waals surface area contributed by atoms with Gasteiger partial charge in [-0.05, 0) is 66.2 Å². The molecule has 164 valence electrons. The Hall–Kier alpha value is -2.63. The molecule has 0 bridgehead atoms. The Balaban J connectivity index is 1.66. The van der Waals surface area contributed by atoms with Crippen LogP contribution in [0.3, 0.4) is 0 Å². The summed E-state index contributed by atoms with van der Waals surface area (Å²) in [6.07, 6.45) is 5.85. The molecular formula is C25H23F5O. The summed E-state index contributed by atoms with van der Waals surface area (Å²) < 4.78 is 71.9. The van der Waals surface area contributed by atoms with Crippen molar-refractivity contribution in [3.8, 4) is 16.9 Å². The fourth-order valence-corrected chi connectivity index (χ4v) is 4.61. The fourth-order valence-electron chi connectivity index (χ4n) is 4.61. The average molecular weight is 434 g/mol. The van der Waals surface area contributed by atoms with E-state index in [1.807, 2.05) is 12.1 Å². The van der Waals surface area contributed by atoms with E-state index in [1.165, 1.54) is 30.9 Å². The van der Waals surface area contributed by atoms with Crippen molar-refractivity contribution in [3.05, 3.63) is 65.5 Å². The van der Waals surface area contributed by atoms with Crippen molar-refractivity contribution in [3.63, 3.8) is 0 Å². The summed E-state index contributed by atoms with van der Waals surface area (Å²) in [6, 6.07) is 10.4. The first-order valence-corrected chi connectivity index (χ1v) is 10.5. The molecule has 31 heavy (non-hydrogen) atoms. The smallest absolute Gasteiger partial charge is 0.387 e. The van der Waals surface area contributed by atoms with Crippen molar-refractivity contribution in [1.29, 1.82) is 0 Å². The van der Waals surface area contributed by atoms with Gasteiger partial charge in [0.05, 0.1) is 0 Å². The van der Waals surface area contributed by atoms with Gasteiger partial charge >= 0.3 is 6.61 Å². The van der Waals surface area contributed by atoms with Gasteiger partial charge in [0.25, 0.3) is 0 Å². The van der Waals surface area contributed by atoms with Gasteiger partial charge < -0.3 is 4.74 Å². The second-order valence-electron chi connectivity index (χ2n) is 8.18. The van der Waals surface area contributed by atoms with E-state index in [-0.39, 0.29) is 11.1 Å². The molecule has 1 saturated carbocycles. The molecule has 1 fully saturated rings. The van der Waals surface area contributed by atoms with Gasteiger partial charge in [0.2, 0.25) is 0 Å². The molecule has 1 nitrogen and oxygen atoms in total. The number of hydrogen-bond donors (Lipinski definition) is 0. The van der Waals surface area contributed by atoms with E-state index in [0.29, 0.717) is 11.3 Å². The molecular weight excluding hydrogens is 411 g/mol. The van der Waals surface area contributed by atoms with E-state index in [1.54, 1.807) is 12.1 Å². The first kappa shape index (κ1) is 21.6. The van der Waals surface area contributed by atoms with Crippen molar-refractivity contribution in [2.24, 2.45) is 5.92 Å². The van der Waals surface area contributed by atoms with Gasteiger partial charge in [-0.2, -0.15) is 8.78 Å². The van der Waals surface area contributed by atoms with E-state index >= 15 is 4.39 Å². The summed E-state index contributed by atoms with van der Waals surface area (Å²) in [5.74, 6) is -3.17. The van der Waals surface area contributed by atoms with Crippen molar-refractivity contribution < 1.29 is 26.7 Å². The number of ether oxygens (including phenoxy) is 1. The zero-order valence-corrected chi connectivity index (χ0v) is 17.1. The summed E-state index contributed by atoms with van der Waals surface area (Å²) in [6.45, 7) is -1.14. The maximum atomic E-state index is 15.2. The minimum absolute atomic E-state index is 0.00917. The topological polar surface area (TPSA) is 9.23 Å². The fraction of sp³-hybridized carbons (Fsp3) is 0.360. The predicted molar refractivity (Wildman–Crippen MR) is 111 cm³/mol. The van der Waals surface area contributed by atoms with Crippen LogP contribution in [0.2, 0.25) is 0 Å². The summed E-state index contributed by atoms with van der Waals surface area (Å²) in [7, 11) is 0. The van der Waals surface area contributed by atoms with Gasteiger partial charge in [-0.15, -0.1) is 0 Å². The summed E-state index contributed by atoms with van der Waals surface area (Å²) in [5, 5.41) is 1.06. The minimum Gasteiger partial charge on any atom is -0.429 e. The molecule has 0 atom stereocenters. The van der Waals surface area contributed by atoms with Crippen molar-refractivity contribution in [2.75, 3.05) is 0 Å². The number of benzene rings is 3. The number of fused-ring (bicyclic) bond motifs is 1. The molecule has 0 N–H and O–H groups in total. The Morgan fingerprint density at radius 2 is 1.58 bits per heavy atom. The van der Waals surface area contributed by atoms with Crippen LogP contribution in [-0.4, -0.2) is 6.61 Å². The highest BCUT2D eigenvalue weighted by molar-refractivity contribution is 5.89. The number of halogens is 5. The normalized spacial score (nSPS) is 19.2. The van der Waals surface area contributed by atoms with E-state index in [4.69, 9.17) is 0 Å². The van der Waals surface area contributed by atoms with Gasteiger partial charge in [0.1, 0.15) is 5.82 Å². The average Bonchev–Trinajstić information content (AvgIpc) is 2.76. The lowest BCUT2D eigenvalue weighted by Crippen LogP contribution is -2.12. The SMILES string of the molecule is CC[C@H]1CC[C@H](c2ccc3c(F)c(-c4cc(F)c(OC(F)F)c(F)c4)ccc3c2)CC1. The third-order valence-electron chi connectivity index (χ3n) is 6.39. The molecule has 0 amide bonds. The molecule has 1 aliphatic carbocycles. The zero-order valence-electron chi connectivity index (χ0n) is 17.1. The van der Waals surface area contributed by atoms with Crippen LogP contribution in [0.4, 0.5) is 22.0 Å². The summed E-state index contributed by atoms with van der Waals surface area (Å²) >= 11 is 0. The van der Waals surface area contributed by atoms with Crippen molar-refractivity contribution in [1.82, 2.24) is 0 Å². The van der Waals surface area contributed by atoms with Gasteiger partial charge in [-0.1, -0.05) is 43.7 Å². The first-order valence-electron chi connectivity index (χ1n) is 10.5. The van der Waals surface area contributed by atoms with E-state index < -0.39 is 29.8 Å². The van der Waals surface area contributed by atoms with E-state index in [0.717, 1.165) is 36.3 Å². The van der Waals surface area contributed by atoms with Gasteiger partial charge in [-0.3, -0.25) is 0 Å². The van der Waals surface area contributed by atoms with E-state index in [2.05, 4.69) is 11.7 Å². The Bertz CT molecular complexity index is 1060. The van der Waals surface area contributed by atoms with Gasteiger partial charge in [0, 0.05) is 10.9 Å². The standard InChI is InChI=1S/C25H23F5O/c1-2-14-3-5-15(6-4-14)16-7-9-19-17(11-16)8-10-20(23(19)28)18-12-21(26)24(22(27)13-18)31-25(29)30/h7-15,25H,2-6H2,1H3/t14-,15-. The molecule has 0 aromatic heterocycles. The Labute approximate surface area is 177 Å². The molecule has 3 aromatic carbocycles. The third kappa shape index (κ3) is 4.39. The predicted octanol–water partition coefficient (Wildman–Crippen LogP) is 8.21. The quantitative estimate of drug-likeness (QED) is 0.368. The lowest BCUT2D eigenvalue weighted by molar-refractivity contribution is -0.0546. The molecule has 3 aromatic rings. The molecule has 0 unspecified atom stereocenters. The second kappa shape index (κ2) is 8.85. The highest BCUT2D eigenvalue weighted by atomic mass is 19.3. The maximum absolute atomic E-state index is 15.2. The van der Waals surface area contributed by atoms with Crippen LogP contribution in [-0.2, 0) is 0 Å². The highest BCUT2D eigenvalue weighted by Crippen LogP contribution is 2.39. The summed E-state index contributed by atoms with van der Waals surface area (Å²) in [5.41, 5.74) is 1.09. The van der Waals surface area contributed by atoms with Crippen molar-refractivity contribution >= 4 is 10.8 Å². The van der Waals surface area contributed by atoms with Crippen LogP contribution < -0.4 is 4.74 Å². The highest BCUT2D eigenvalue weighted by Gasteiger charge is 2.22. The largest absolute Gasteiger partial charge is 0.429 e. The third-order valence-corrected chi connectivity index (χ3v) is 6.39. The lowest BCUT2D eigenvalue weighted by atomic mass is 9.77. The molecule has 4 rings (SSSR count). The number of rotatable bonds is 5. The minimum atomic E-state index is -3.36.